The minimum atomic E-state index is -0.463. The predicted molar refractivity (Wildman–Crippen MR) is 103 cm³/mol. The Morgan fingerprint density at radius 2 is 1.92 bits per heavy atom. The average molecular weight is 393 g/mol. The first kappa shape index (κ1) is 18.5. The van der Waals surface area contributed by atoms with Crippen LogP contribution in [0.1, 0.15) is 13.3 Å². The molecule has 1 atom stereocenters. The first-order chi connectivity index (χ1) is 12.5. The number of para-hydroxylation sites is 2. The Hall–Kier alpha value is -2.24. The molecule has 0 spiro atoms. The van der Waals surface area contributed by atoms with Crippen LogP contribution in [0.5, 0.6) is 5.75 Å². The molecule has 26 heavy (non-hydrogen) atoms. The number of hydrogen-bond acceptors (Lipinski definition) is 3. The lowest BCUT2D eigenvalue weighted by Gasteiger charge is -2.20. The predicted octanol–water partition coefficient (Wildman–Crippen LogP) is 4.38. The van der Waals surface area contributed by atoms with Gasteiger partial charge in [0.15, 0.2) is 0 Å². The third-order valence-corrected chi connectivity index (χ3v) is 4.52. The maximum absolute atomic E-state index is 12.6. The Morgan fingerprint density at radius 3 is 2.62 bits per heavy atom. The lowest BCUT2D eigenvalue weighted by atomic mass is 10.1. The SMILES string of the molecule is CCOc1ccccc1N1CC(C(=O)Nc2cc(Cl)cc(Cl)c2)CC1=O. The molecule has 1 unspecified atom stereocenters. The van der Waals surface area contributed by atoms with Crippen molar-refractivity contribution in [2.24, 2.45) is 5.92 Å². The quantitative estimate of drug-likeness (QED) is 0.820. The Bertz CT molecular complexity index is 821. The molecular weight excluding hydrogens is 375 g/mol. The molecular formula is C19H18Cl2N2O3. The summed E-state index contributed by atoms with van der Waals surface area (Å²) in [5.41, 5.74) is 1.19. The third kappa shape index (κ3) is 4.11. The Balaban J connectivity index is 1.74. The van der Waals surface area contributed by atoms with Crippen molar-refractivity contribution in [3.8, 4) is 5.75 Å². The van der Waals surface area contributed by atoms with Gasteiger partial charge in [-0.3, -0.25) is 9.59 Å². The lowest BCUT2D eigenvalue weighted by molar-refractivity contribution is -0.122. The van der Waals surface area contributed by atoms with Crippen molar-refractivity contribution in [1.82, 2.24) is 0 Å². The Morgan fingerprint density at radius 1 is 1.23 bits per heavy atom. The number of halogens is 2. The smallest absolute Gasteiger partial charge is 0.229 e. The zero-order valence-corrected chi connectivity index (χ0v) is 15.7. The highest BCUT2D eigenvalue weighted by atomic mass is 35.5. The van der Waals surface area contributed by atoms with E-state index in [1.54, 1.807) is 23.1 Å². The number of anilines is 2. The van der Waals surface area contributed by atoms with E-state index in [9.17, 15) is 9.59 Å². The maximum atomic E-state index is 12.6. The zero-order valence-electron chi connectivity index (χ0n) is 14.2. The second kappa shape index (κ2) is 7.98. The van der Waals surface area contributed by atoms with Crippen LogP contribution >= 0.6 is 23.2 Å². The molecule has 1 aliphatic rings. The number of hydrogen-bond donors (Lipinski definition) is 1. The molecule has 0 radical (unpaired) electrons. The van der Waals surface area contributed by atoms with Gasteiger partial charge >= 0.3 is 0 Å². The van der Waals surface area contributed by atoms with Crippen LogP contribution in [0.4, 0.5) is 11.4 Å². The lowest BCUT2D eigenvalue weighted by Crippen LogP contribution is -2.28. The van der Waals surface area contributed by atoms with Gasteiger partial charge in [0.25, 0.3) is 0 Å². The second-order valence-electron chi connectivity index (χ2n) is 5.95. The first-order valence-corrected chi connectivity index (χ1v) is 9.02. The highest BCUT2D eigenvalue weighted by Crippen LogP contribution is 2.33. The molecule has 0 bridgehead atoms. The van der Waals surface area contributed by atoms with E-state index in [-0.39, 0.29) is 18.2 Å². The van der Waals surface area contributed by atoms with Crippen molar-refractivity contribution < 1.29 is 14.3 Å². The number of amides is 2. The monoisotopic (exact) mass is 392 g/mol. The second-order valence-corrected chi connectivity index (χ2v) is 6.83. The Kier molecular flexibility index (Phi) is 5.69. The van der Waals surface area contributed by atoms with Gasteiger partial charge in [-0.15, -0.1) is 0 Å². The van der Waals surface area contributed by atoms with Gasteiger partial charge in [0.1, 0.15) is 5.75 Å². The van der Waals surface area contributed by atoms with Crippen LogP contribution in [-0.2, 0) is 9.59 Å². The molecule has 1 aliphatic heterocycles. The largest absolute Gasteiger partial charge is 0.492 e. The van der Waals surface area contributed by atoms with Gasteiger partial charge in [0.2, 0.25) is 11.8 Å². The average Bonchev–Trinajstić information content (AvgIpc) is 2.96. The number of nitrogens with one attached hydrogen (secondary N) is 1. The minimum absolute atomic E-state index is 0.110. The van der Waals surface area contributed by atoms with E-state index in [2.05, 4.69) is 5.32 Å². The fourth-order valence-electron chi connectivity index (χ4n) is 2.94. The number of carbonyl (C=O) groups excluding carboxylic acids is 2. The van der Waals surface area contributed by atoms with Crippen molar-refractivity contribution in [1.29, 1.82) is 0 Å². The van der Waals surface area contributed by atoms with Crippen LogP contribution < -0.4 is 15.0 Å². The van der Waals surface area contributed by atoms with Crippen molar-refractivity contribution >= 4 is 46.4 Å². The van der Waals surface area contributed by atoms with E-state index < -0.39 is 5.92 Å². The van der Waals surface area contributed by atoms with Crippen molar-refractivity contribution in [3.05, 3.63) is 52.5 Å². The van der Waals surface area contributed by atoms with Crippen molar-refractivity contribution in [2.75, 3.05) is 23.4 Å². The van der Waals surface area contributed by atoms with E-state index in [0.29, 0.717) is 40.3 Å². The van der Waals surface area contributed by atoms with Crippen LogP contribution in [0.3, 0.4) is 0 Å². The summed E-state index contributed by atoms with van der Waals surface area (Å²) < 4.78 is 5.59. The fraction of sp³-hybridized carbons (Fsp3) is 0.263. The summed E-state index contributed by atoms with van der Waals surface area (Å²) in [4.78, 5) is 26.6. The number of carbonyl (C=O) groups is 2. The van der Waals surface area contributed by atoms with Crippen molar-refractivity contribution in [3.63, 3.8) is 0 Å². The van der Waals surface area contributed by atoms with E-state index >= 15 is 0 Å². The molecule has 1 saturated heterocycles. The molecule has 7 heteroatoms. The topological polar surface area (TPSA) is 58.6 Å². The summed E-state index contributed by atoms with van der Waals surface area (Å²) in [5, 5.41) is 3.65. The summed E-state index contributed by atoms with van der Waals surface area (Å²) >= 11 is 11.9. The van der Waals surface area contributed by atoms with Gasteiger partial charge in [0, 0.05) is 28.7 Å². The first-order valence-electron chi connectivity index (χ1n) is 8.27. The molecule has 2 amide bonds. The van der Waals surface area contributed by atoms with Crippen LogP contribution in [0.2, 0.25) is 10.0 Å². The zero-order chi connectivity index (χ0) is 18.7. The summed E-state index contributed by atoms with van der Waals surface area (Å²) in [7, 11) is 0. The van der Waals surface area contributed by atoms with Gasteiger partial charge in [-0.2, -0.15) is 0 Å². The molecule has 3 rings (SSSR count). The maximum Gasteiger partial charge on any atom is 0.229 e. The summed E-state index contributed by atoms with van der Waals surface area (Å²) in [5.74, 6) is -0.185. The number of benzene rings is 2. The van der Waals surface area contributed by atoms with Crippen LogP contribution in [0.25, 0.3) is 0 Å². The van der Waals surface area contributed by atoms with Gasteiger partial charge < -0.3 is 15.0 Å². The van der Waals surface area contributed by atoms with Crippen molar-refractivity contribution in [2.45, 2.75) is 13.3 Å². The molecule has 2 aromatic rings. The van der Waals surface area contributed by atoms with Gasteiger partial charge in [-0.05, 0) is 37.3 Å². The third-order valence-electron chi connectivity index (χ3n) is 4.08. The molecule has 0 saturated carbocycles. The van der Waals surface area contributed by atoms with Crippen LogP contribution in [0, 0.1) is 5.92 Å². The van der Waals surface area contributed by atoms with Crippen LogP contribution in [0.15, 0.2) is 42.5 Å². The Labute approximate surface area is 161 Å². The highest BCUT2D eigenvalue weighted by molar-refractivity contribution is 6.35. The molecule has 1 N–H and O–H groups in total. The van der Waals surface area contributed by atoms with Gasteiger partial charge in [0.05, 0.1) is 18.2 Å². The molecule has 0 aromatic heterocycles. The molecule has 136 valence electrons. The summed E-state index contributed by atoms with van der Waals surface area (Å²) in [6.45, 7) is 2.68. The van der Waals surface area contributed by atoms with E-state index in [1.165, 1.54) is 0 Å². The minimum Gasteiger partial charge on any atom is -0.492 e. The normalized spacial score (nSPS) is 16.7. The number of rotatable bonds is 5. The molecule has 1 heterocycles. The fourth-order valence-corrected chi connectivity index (χ4v) is 3.47. The van der Waals surface area contributed by atoms with Crippen LogP contribution in [-0.4, -0.2) is 25.0 Å². The van der Waals surface area contributed by atoms with Gasteiger partial charge in [-0.1, -0.05) is 35.3 Å². The highest BCUT2D eigenvalue weighted by Gasteiger charge is 2.36. The van der Waals surface area contributed by atoms with Gasteiger partial charge in [-0.25, -0.2) is 0 Å². The molecule has 2 aromatic carbocycles. The number of ether oxygens (including phenoxy) is 1. The summed E-state index contributed by atoms with van der Waals surface area (Å²) in [6.07, 6.45) is 0.139. The van der Waals surface area contributed by atoms with E-state index in [4.69, 9.17) is 27.9 Å². The summed E-state index contributed by atoms with van der Waals surface area (Å²) in [6, 6.07) is 12.1. The van der Waals surface area contributed by atoms with E-state index in [1.807, 2.05) is 31.2 Å². The molecule has 1 fully saturated rings. The number of nitrogens with zero attached hydrogens (tertiary/aromatic N) is 1. The van der Waals surface area contributed by atoms with E-state index in [0.717, 1.165) is 0 Å². The standard InChI is InChI=1S/C19H18Cl2N2O3/c1-2-26-17-6-4-3-5-16(17)23-11-12(7-18(23)24)19(25)22-15-9-13(20)8-14(21)10-15/h3-6,8-10,12H,2,7,11H2,1H3,(H,22,25). The molecule has 0 aliphatic carbocycles. The molecule has 5 nitrogen and oxygen atoms in total.